The molecule has 5 N–H and O–H groups in total. The number of carbonyl (C=O) groups excluding carboxylic acids is 1. The Morgan fingerprint density at radius 1 is 1.16 bits per heavy atom. The molecule has 0 radical (unpaired) electrons. The predicted molar refractivity (Wildman–Crippen MR) is 130 cm³/mol. The van der Waals surface area contributed by atoms with Crippen LogP contribution in [0.1, 0.15) is 25.5 Å². The van der Waals surface area contributed by atoms with Crippen LogP contribution in [0.25, 0.3) is 0 Å². The summed E-state index contributed by atoms with van der Waals surface area (Å²) in [5.41, 5.74) is 7.22. The monoisotopic (exact) mass is 535 g/mol. The molecule has 0 spiro atoms. The molecule has 0 unspecified atom stereocenters. The fourth-order valence-corrected chi connectivity index (χ4v) is 3.60. The maximum absolute atomic E-state index is 12.8. The molecule has 3 aromatic rings. The smallest absolute Gasteiger partial charge is 0.333 e. The quantitative estimate of drug-likeness (QED) is 0.203. The van der Waals surface area contributed by atoms with E-state index in [0.29, 0.717) is 40.7 Å². The van der Waals surface area contributed by atoms with E-state index in [1.165, 1.54) is 29.3 Å². The summed E-state index contributed by atoms with van der Waals surface area (Å²) in [6.45, 7) is -0.473. The fraction of sp³-hybridized carbons (Fsp3) is 0.304. The number of allylic oxidation sites excluding steroid dienone is 1. The van der Waals surface area contributed by atoms with Crippen molar-refractivity contribution in [2.45, 2.75) is 19.9 Å². The molecule has 0 saturated carbocycles. The first kappa shape index (κ1) is 26.7. The molecule has 0 bridgehead atoms. The first-order chi connectivity index (χ1) is 18.1. The van der Waals surface area contributed by atoms with Crippen LogP contribution in [0.5, 0.6) is 5.88 Å². The minimum atomic E-state index is -2.78. The summed E-state index contributed by atoms with van der Waals surface area (Å²) in [4.78, 5) is 14.2. The highest BCUT2D eigenvalue weighted by Gasteiger charge is 2.34. The van der Waals surface area contributed by atoms with Crippen LogP contribution in [0, 0.1) is 5.92 Å². The van der Waals surface area contributed by atoms with Crippen LogP contribution in [-0.2, 0) is 4.79 Å². The summed E-state index contributed by atoms with van der Waals surface area (Å²) in [7, 11) is 0. The van der Waals surface area contributed by atoms with Crippen molar-refractivity contribution in [3.8, 4) is 5.88 Å². The zero-order valence-corrected chi connectivity index (χ0v) is 20.1. The molecule has 0 aliphatic carbocycles. The van der Waals surface area contributed by atoms with Gasteiger partial charge >= 0.3 is 6.55 Å². The van der Waals surface area contributed by atoms with E-state index in [2.05, 4.69) is 20.6 Å². The largest absolute Gasteiger partial charge is 0.470 e. The van der Waals surface area contributed by atoms with Gasteiger partial charge in [0.2, 0.25) is 11.8 Å². The molecule has 1 amide bonds. The van der Waals surface area contributed by atoms with Crippen LogP contribution in [0.3, 0.4) is 0 Å². The first-order valence-electron chi connectivity index (χ1n) is 11.3. The molecule has 2 aromatic heterocycles. The van der Waals surface area contributed by atoms with Crippen molar-refractivity contribution in [1.82, 2.24) is 20.0 Å². The van der Waals surface area contributed by atoms with Crippen molar-refractivity contribution in [2.24, 2.45) is 17.5 Å². The van der Waals surface area contributed by atoms with E-state index < -0.39 is 13.0 Å². The minimum Gasteiger partial charge on any atom is -0.470 e. The third kappa shape index (κ3) is 6.11. The molecule has 202 valence electrons. The van der Waals surface area contributed by atoms with E-state index in [1.807, 2.05) is 4.90 Å². The normalized spacial score (nSPS) is 14.4. The first-order valence-corrected chi connectivity index (χ1v) is 11.3. The highest BCUT2D eigenvalue weighted by atomic mass is 19.3. The van der Waals surface area contributed by atoms with Crippen LogP contribution in [0.2, 0.25) is 0 Å². The number of hydrazine groups is 1. The number of ether oxygens (including phenoxy) is 1. The minimum absolute atomic E-state index is 0.0580. The number of alkyl halides is 4. The number of nitrogens with two attached hydrogens (primary N) is 2. The molecule has 1 saturated heterocycles. The van der Waals surface area contributed by atoms with Gasteiger partial charge < -0.3 is 20.7 Å². The zero-order chi connectivity index (χ0) is 27.4. The Balaban J connectivity index is 1.28. The van der Waals surface area contributed by atoms with Gasteiger partial charge in [0, 0.05) is 30.4 Å². The third-order valence-corrected chi connectivity index (χ3v) is 5.80. The number of anilines is 3. The standard InChI is InChI=1S/C23H25F4N9O2/c1-13(28)18(36(29)17-4-2-14(3-5-17)21(24)25)12-38-20-7-6-19(32-33-20)34-9-15(10-34)22(37)31-16-8-30-35(11-16)23(26)27/h2-8,11,15,21,23H,9-10,12,28-29H2,1H3,(H,31,37)/b18-13-. The Morgan fingerprint density at radius 3 is 2.42 bits per heavy atom. The number of nitrogens with one attached hydrogen (secondary N) is 1. The lowest BCUT2D eigenvalue weighted by Gasteiger charge is -2.38. The second kappa shape index (κ2) is 11.3. The Kier molecular flexibility index (Phi) is 7.95. The molecule has 0 atom stereocenters. The topological polar surface area (TPSA) is 140 Å². The van der Waals surface area contributed by atoms with E-state index in [1.54, 1.807) is 19.1 Å². The lowest BCUT2D eigenvalue weighted by molar-refractivity contribution is -0.120. The number of halogens is 4. The molecule has 1 fully saturated rings. The maximum Gasteiger partial charge on any atom is 0.333 e. The Labute approximate surface area is 214 Å². The lowest BCUT2D eigenvalue weighted by atomic mass is 9.99. The van der Waals surface area contributed by atoms with Gasteiger partial charge in [0.15, 0.2) is 5.82 Å². The molecule has 15 heteroatoms. The number of hydrogen-bond acceptors (Lipinski definition) is 9. The third-order valence-electron chi connectivity index (χ3n) is 5.80. The van der Waals surface area contributed by atoms with E-state index >= 15 is 0 Å². The number of aromatic nitrogens is 4. The van der Waals surface area contributed by atoms with Crippen LogP contribution in [0.4, 0.5) is 34.8 Å². The number of benzene rings is 1. The predicted octanol–water partition coefficient (Wildman–Crippen LogP) is 3.03. The van der Waals surface area contributed by atoms with Crippen LogP contribution < -0.4 is 31.5 Å². The van der Waals surface area contributed by atoms with Gasteiger partial charge in [-0.3, -0.25) is 9.80 Å². The molecule has 38 heavy (non-hydrogen) atoms. The van der Waals surface area contributed by atoms with Crippen LogP contribution >= 0.6 is 0 Å². The second-order valence-electron chi connectivity index (χ2n) is 8.49. The summed E-state index contributed by atoms with van der Waals surface area (Å²) in [6.07, 6.45) is -0.371. The van der Waals surface area contributed by atoms with Crippen LogP contribution in [-0.4, -0.2) is 45.6 Å². The van der Waals surface area contributed by atoms with E-state index in [0.717, 1.165) is 12.4 Å². The maximum atomic E-state index is 12.8. The van der Waals surface area contributed by atoms with Gasteiger partial charge in [-0.15, -0.1) is 10.2 Å². The molecule has 11 nitrogen and oxygen atoms in total. The van der Waals surface area contributed by atoms with Gasteiger partial charge in [0.1, 0.15) is 6.61 Å². The molecule has 1 aliphatic rings. The van der Waals surface area contributed by atoms with E-state index in [9.17, 15) is 22.4 Å². The lowest BCUT2D eigenvalue weighted by Crippen LogP contribution is -2.52. The summed E-state index contributed by atoms with van der Waals surface area (Å²) in [5, 5.41) is 15.4. The number of nitrogens with zero attached hydrogens (tertiary/aromatic N) is 6. The van der Waals surface area contributed by atoms with Gasteiger partial charge in [-0.25, -0.2) is 19.3 Å². The van der Waals surface area contributed by atoms with Gasteiger partial charge in [-0.2, -0.15) is 13.9 Å². The van der Waals surface area contributed by atoms with Crippen molar-refractivity contribution >= 4 is 23.1 Å². The molecular weight excluding hydrogens is 510 g/mol. The molecule has 1 aliphatic heterocycles. The second-order valence-corrected chi connectivity index (χ2v) is 8.49. The number of amides is 1. The SMILES string of the molecule is C/C(N)=C(\COc1ccc(N2CC(C(=O)Nc3cnn(C(F)F)c3)C2)nn1)N(N)c1ccc(C(F)F)cc1. The summed E-state index contributed by atoms with van der Waals surface area (Å²) < 4.78 is 56.9. The summed E-state index contributed by atoms with van der Waals surface area (Å²) in [5.74, 6) is 6.19. The number of rotatable bonds is 10. The van der Waals surface area contributed by atoms with Crippen molar-refractivity contribution in [3.63, 3.8) is 0 Å². The Hall–Kier alpha value is -4.40. The molecule has 3 heterocycles. The molecule has 4 rings (SSSR count). The number of carbonyl (C=O) groups is 1. The van der Waals surface area contributed by atoms with Gasteiger partial charge in [0.25, 0.3) is 6.43 Å². The van der Waals surface area contributed by atoms with Gasteiger partial charge in [-0.05, 0) is 25.1 Å². The van der Waals surface area contributed by atoms with Gasteiger partial charge in [-0.1, -0.05) is 12.1 Å². The fourth-order valence-electron chi connectivity index (χ4n) is 3.60. The van der Waals surface area contributed by atoms with E-state index in [-0.39, 0.29) is 35.6 Å². The van der Waals surface area contributed by atoms with Crippen molar-refractivity contribution in [1.29, 1.82) is 0 Å². The average Bonchev–Trinajstić information content (AvgIpc) is 3.32. The van der Waals surface area contributed by atoms with Crippen molar-refractivity contribution < 1.29 is 27.1 Å². The summed E-state index contributed by atoms with van der Waals surface area (Å²) >= 11 is 0. The van der Waals surface area contributed by atoms with Gasteiger partial charge in [0.05, 0.1) is 35.4 Å². The van der Waals surface area contributed by atoms with Crippen molar-refractivity contribution in [3.05, 3.63) is 65.7 Å². The molecular formula is C23H25F4N9O2. The zero-order valence-electron chi connectivity index (χ0n) is 20.1. The Morgan fingerprint density at radius 2 is 1.87 bits per heavy atom. The highest BCUT2D eigenvalue weighted by molar-refractivity contribution is 5.94. The Bertz CT molecular complexity index is 1270. The van der Waals surface area contributed by atoms with Crippen LogP contribution in [0.15, 0.2) is 60.2 Å². The summed E-state index contributed by atoms with van der Waals surface area (Å²) in [6, 6.07) is 8.73. The van der Waals surface area contributed by atoms with Crippen molar-refractivity contribution in [2.75, 3.05) is 34.9 Å². The number of hydrogen-bond donors (Lipinski definition) is 3. The highest BCUT2D eigenvalue weighted by Crippen LogP contribution is 2.26. The van der Waals surface area contributed by atoms with E-state index in [4.69, 9.17) is 16.3 Å². The molecule has 1 aromatic carbocycles. The average molecular weight is 536 g/mol.